The second-order valence-electron chi connectivity index (χ2n) is 9.04. The van der Waals surface area contributed by atoms with Crippen LogP contribution < -0.4 is 16.1 Å². The van der Waals surface area contributed by atoms with Crippen LogP contribution in [0.2, 0.25) is 0 Å². The van der Waals surface area contributed by atoms with Crippen molar-refractivity contribution in [3.63, 3.8) is 0 Å². The average Bonchev–Trinajstić information content (AvgIpc) is 3.24. The van der Waals surface area contributed by atoms with E-state index in [0.717, 1.165) is 17.7 Å². The van der Waals surface area contributed by atoms with E-state index in [9.17, 15) is 27.2 Å². The summed E-state index contributed by atoms with van der Waals surface area (Å²) in [6.07, 6.45) is -4.37. The number of hydrogen-bond acceptors (Lipinski definition) is 5. The van der Waals surface area contributed by atoms with Gasteiger partial charge in [-0.05, 0) is 23.8 Å². The van der Waals surface area contributed by atoms with Crippen molar-refractivity contribution in [3.8, 4) is 0 Å². The van der Waals surface area contributed by atoms with Gasteiger partial charge in [0.15, 0.2) is 11.2 Å². The SMILES string of the molecule is Cn1c(=O)[nH]c(=O)c2c1nc(N1CCN(Cc3ccc(C(F)(F)F)cc3)CC1)n2Cc1ccccc1F. The summed E-state index contributed by atoms with van der Waals surface area (Å²) in [5.74, 6) is 0.0250. The van der Waals surface area contributed by atoms with Gasteiger partial charge in [-0.15, -0.1) is 0 Å². The predicted molar refractivity (Wildman–Crippen MR) is 130 cm³/mol. The fraction of sp³-hybridized carbons (Fsp3) is 0.320. The van der Waals surface area contributed by atoms with Crippen LogP contribution in [0.15, 0.2) is 58.1 Å². The Bertz CT molecular complexity index is 1550. The van der Waals surface area contributed by atoms with Gasteiger partial charge in [-0.2, -0.15) is 18.2 Å². The molecule has 8 nitrogen and oxygen atoms in total. The molecule has 194 valence electrons. The molecule has 1 fully saturated rings. The predicted octanol–water partition coefficient (Wildman–Crippen LogP) is 2.95. The third-order valence-electron chi connectivity index (χ3n) is 6.62. The van der Waals surface area contributed by atoms with Crippen LogP contribution in [-0.4, -0.2) is 50.2 Å². The maximum Gasteiger partial charge on any atom is 0.416 e. The van der Waals surface area contributed by atoms with Crippen molar-refractivity contribution in [2.24, 2.45) is 7.05 Å². The van der Waals surface area contributed by atoms with Gasteiger partial charge in [0.25, 0.3) is 5.56 Å². The van der Waals surface area contributed by atoms with Crippen molar-refractivity contribution in [1.29, 1.82) is 0 Å². The molecule has 0 saturated carbocycles. The largest absolute Gasteiger partial charge is 0.416 e. The van der Waals surface area contributed by atoms with Crippen molar-refractivity contribution < 1.29 is 17.6 Å². The van der Waals surface area contributed by atoms with E-state index in [1.165, 1.54) is 29.8 Å². The maximum absolute atomic E-state index is 14.5. The maximum atomic E-state index is 14.5. The molecule has 0 aliphatic carbocycles. The van der Waals surface area contributed by atoms with Crippen molar-refractivity contribution >= 4 is 17.1 Å². The van der Waals surface area contributed by atoms with E-state index in [0.29, 0.717) is 44.2 Å². The number of aromatic amines is 1. The molecule has 1 saturated heterocycles. The van der Waals surface area contributed by atoms with Gasteiger partial charge in [0.2, 0.25) is 5.95 Å². The molecule has 2 aromatic carbocycles. The van der Waals surface area contributed by atoms with Crippen LogP contribution in [0.3, 0.4) is 0 Å². The first kappa shape index (κ1) is 24.8. The number of imidazole rings is 1. The van der Waals surface area contributed by atoms with Crippen molar-refractivity contribution in [2.45, 2.75) is 19.3 Å². The summed E-state index contributed by atoms with van der Waals surface area (Å²) in [5.41, 5.74) is -0.360. The third kappa shape index (κ3) is 4.88. The van der Waals surface area contributed by atoms with Gasteiger partial charge >= 0.3 is 11.9 Å². The lowest BCUT2D eigenvalue weighted by Crippen LogP contribution is -2.47. The number of nitrogens with zero attached hydrogens (tertiary/aromatic N) is 5. The second-order valence-corrected chi connectivity index (χ2v) is 9.04. The number of H-pyrrole nitrogens is 1. The number of fused-ring (bicyclic) bond motifs is 1. The van der Waals surface area contributed by atoms with Gasteiger partial charge in [0, 0.05) is 45.3 Å². The number of piperazine rings is 1. The number of alkyl halides is 3. The quantitative estimate of drug-likeness (QED) is 0.413. The highest BCUT2D eigenvalue weighted by Gasteiger charge is 2.30. The normalized spacial score (nSPS) is 15.0. The molecule has 1 aliphatic heterocycles. The number of nitrogens with one attached hydrogen (secondary N) is 1. The zero-order valence-electron chi connectivity index (χ0n) is 19.9. The Morgan fingerprint density at radius 3 is 2.27 bits per heavy atom. The summed E-state index contributed by atoms with van der Waals surface area (Å²) in [6, 6.07) is 11.4. The summed E-state index contributed by atoms with van der Waals surface area (Å²) >= 11 is 0. The molecule has 2 aromatic heterocycles. The first-order chi connectivity index (χ1) is 17.6. The summed E-state index contributed by atoms with van der Waals surface area (Å²) in [6.45, 7) is 2.77. The number of anilines is 1. The Hall–Kier alpha value is -3.93. The third-order valence-corrected chi connectivity index (χ3v) is 6.62. The Morgan fingerprint density at radius 2 is 1.62 bits per heavy atom. The summed E-state index contributed by atoms with van der Waals surface area (Å²) < 4.78 is 55.9. The molecular weight excluding hydrogens is 492 g/mol. The van der Waals surface area contributed by atoms with Crippen LogP contribution in [-0.2, 0) is 26.3 Å². The monoisotopic (exact) mass is 516 g/mol. The van der Waals surface area contributed by atoms with Crippen LogP contribution in [0, 0.1) is 5.82 Å². The van der Waals surface area contributed by atoms with E-state index in [1.54, 1.807) is 22.8 Å². The zero-order chi connectivity index (χ0) is 26.3. The average molecular weight is 516 g/mol. The Balaban J connectivity index is 1.40. The van der Waals surface area contributed by atoms with Crippen LogP contribution in [0.5, 0.6) is 0 Å². The van der Waals surface area contributed by atoms with Crippen LogP contribution in [0.25, 0.3) is 11.2 Å². The molecular formula is C25H24F4N6O2. The highest BCUT2D eigenvalue weighted by Crippen LogP contribution is 2.29. The molecule has 0 spiro atoms. The number of rotatable bonds is 5. The van der Waals surface area contributed by atoms with E-state index in [-0.39, 0.29) is 17.7 Å². The van der Waals surface area contributed by atoms with Crippen LogP contribution >= 0.6 is 0 Å². The molecule has 12 heteroatoms. The minimum absolute atomic E-state index is 0.0472. The minimum Gasteiger partial charge on any atom is -0.340 e. The smallest absolute Gasteiger partial charge is 0.340 e. The van der Waals surface area contributed by atoms with Crippen molar-refractivity contribution in [1.82, 2.24) is 24.0 Å². The number of halogens is 4. The van der Waals surface area contributed by atoms with Crippen molar-refractivity contribution in [3.05, 3.63) is 91.9 Å². The molecule has 1 aliphatic rings. The first-order valence-corrected chi connectivity index (χ1v) is 11.7. The number of aryl methyl sites for hydroxylation is 1. The molecule has 0 bridgehead atoms. The Kier molecular flexibility index (Phi) is 6.36. The molecule has 3 heterocycles. The lowest BCUT2D eigenvalue weighted by atomic mass is 10.1. The molecule has 0 radical (unpaired) electrons. The Labute approximate surface area is 208 Å². The van der Waals surface area contributed by atoms with Gasteiger partial charge < -0.3 is 4.90 Å². The summed E-state index contributed by atoms with van der Waals surface area (Å²) in [5, 5.41) is 0. The van der Waals surface area contributed by atoms with Gasteiger partial charge in [0.05, 0.1) is 12.1 Å². The standard InChI is InChI=1S/C25H24F4N6O2/c1-32-21-20(22(36)31-24(32)37)35(15-17-4-2-3-5-19(17)26)23(30-21)34-12-10-33(11-13-34)14-16-6-8-18(9-7-16)25(27,28)29/h2-9H,10-15H2,1H3,(H,31,36,37). The second kappa shape index (κ2) is 9.51. The number of hydrogen-bond donors (Lipinski definition) is 1. The highest BCUT2D eigenvalue weighted by molar-refractivity contribution is 5.74. The lowest BCUT2D eigenvalue weighted by Gasteiger charge is -2.35. The molecule has 37 heavy (non-hydrogen) atoms. The van der Waals surface area contributed by atoms with Gasteiger partial charge in [-0.25, -0.2) is 9.18 Å². The molecule has 0 amide bonds. The summed E-state index contributed by atoms with van der Waals surface area (Å²) in [7, 11) is 1.51. The van der Waals surface area contributed by atoms with Crippen LogP contribution in [0.4, 0.5) is 23.5 Å². The molecule has 1 N–H and O–H groups in total. The molecule has 0 unspecified atom stereocenters. The first-order valence-electron chi connectivity index (χ1n) is 11.7. The molecule has 5 rings (SSSR count). The fourth-order valence-corrected chi connectivity index (χ4v) is 4.57. The zero-order valence-corrected chi connectivity index (χ0v) is 19.9. The summed E-state index contributed by atoms with van der Waals surface area (Å²) in [4.78, 5) is 35.9. The van der Waals surface area contributed by atoms with Crippen LogP contribution in [0.1, 0.15) is 16.7 Å². The van der Waals surface area contributed by atoms with E-state index < -0.39 is 28.8 Å². The molecule has 0 atom stereocenters. The number of aromatic nitrogens is 4. The minimum atomic E-state index is -4.37. The fourth-order valence-electron chi connectivity index (χ4n) is 4.57. The highest BCUT2D eigenvalue weighted by atomic mass is 19.4. The van der Waals surface area contributed by atoms with Gasteiger partial charge in [-0.1, -0.05) is 30.3 Å². The van der Waals surface area contributed by atoms with Gasteiger partial charge in [0.1, 0.15) is 5.82 Å². The van der Waals surface area contributed by atoms with E-state index in [2.05, 4.69) is 14.9 Å². The van der Waals surface area contributed by atoms with E-state index >= 15 is 0 Å². The number of benzene rings is 2. The van der Waals surface area contributed by atoms with Crippen molar-refractivity contribution in [2.75, 3.05) is 31.1 Å². The van der Waals surface area contributed by atoms with E-state index in [1.807, 2.05) is 4.90 Å². The Morgan fingerprint density at radius 1 is 0.946 bits per heavy atom. The topological polar surface area (TPSA) is 79.2 Å². The van der Waals surface area contributed by atoms with Gasteiger partial charge in [-0.3, -0.25) is 23.8 Å². The lowest BCUT2D eigenvalue weighted by molar-refractivity contribution is -0.137. The molecule has 4 aromatic rings. The van der Waals surface area contributed by atoms with E-state index in [4.69, 9.17) is 0 Å².